The number of fused-ring (bicyclic) bond motifs is 1. The van der Waals surface area contributed by atoms with Crippen molar-refractivity contribution in [1.82, 2.24) is 5.43 Å². The lowest BCUT2D eigenvalue weighted by Gasteiger charge is -2.06. The Hall–Kier alpha value is -2.41. The average molecular weight is 362 g/mol. The Labute approximate surface area is 147 Å². The van der Waals surface area contributed by atoms with Crippen LogP contribution in [0, 0.1) is 11.6 Å². The summed E-state index contributed by atoms with van der Waals surface area (Å²) in [6.45, 7) is 1.83. The zero-order valence-electron chi connectivity index (χ0n) is 13.4. The molecule has 25 heavy (non-hydrogen) atoms. The zero-order valence-corrected chi connectivity index (χ0v) is 14.2. The first-order valence-corrected chi connectivity index (χ1v) is 8.70. The molecule has 0 aliphatic heterocycles. The maximum absolute atomic E-state index is 13.9. The van der Waals surface area contributed by atoms with E-state index < -0.39 is 11.7 Å². The van der Waals surface area contributed by atoms with Gasteiger partial charge in [-0.15, -0.1) is 11.8 Å². The van der Waals surface area contributed by atoms with E-state index in [1.807, 2.05) is 6.92 Å². The van der Waals surface area contributed by atoms with Crippen molar-refractivity contribution < 1.29 is 18.7 Å². The van der Waals surface area contributed by atoms with Crippen LogP contribution in [0.5, 0.6) is 5.75 Å². The SMILES string of the molecule is C[C@@H]1C/C(=N\NC(=O)CSc2ccccc2F)c2c(O)ccc(F)c21. The molecule has 0 fully saturated rings. The molecule has 2 aromatic carbocycles. The molecule has 1 amide bonds. The van der Waals surface area contributed by atoms with Crippen molar-refractivity contribution in [1.29, 1.82) is 0 Å². The number of halogens is 2. The maximum Gasteiger partial charge on any atom is 0.250 e. The summed E-state index contributed by atoms with van der Waals surface area (Å²) in [7, 11) is 0. The molecule has 2 N–H and O–H groups in total. The predicted molar refractivity (Wildman–Crippen MR) is 92.9 cm³/mol. The second-order valence-corrected chi connectivity index (χ2v) is 6.79. The van der Waals surface area contributed by atoms with Crippen LogP contribution in [-0.4, -0.2) is 22.5 Å². The molecule has 0 unspecified atom stereocenters. The summed E-state index contributed by atoms with van der Waals surface area (Å²) in [6, 6.07) is 8.69. The van der Waals surface area contributed by atoms with Crippen LogP contribution >= 0.6 is 11.8 Å². The molecular formula is C18H16F2N2O2S. The Morgan fingerprint density at radius 3 is 2.80 bits per heavy atom. The van der Waals surface area contributed by atoms with Gasteiger partial charge in [-0.3, -0.25) is 4.79 Å². The van der Waals surface area contributed by atoms with Crippen LogP contribution in [0.4, 0.5) is 8.78 Å². The van der Waals surface area contributed by atoms with Gasteiger partial charge in [-0.25, -0.2) is 14.2 Å². The van der Waals surface area contributed by atoms with Gasteiger partial charge in [0.1, 0.15) is 17.4 Å². The third kappa shape index (κ3) is 3.66. The summed E-state index contributed by atoms with van der Waals surface area (Å²) < 4.78 is 27.5. The highest BCUT2D eigenvalue weighted by Crippen LogP contribution is 2.39. The van der Waals surface area contributed by atoms with Gasteiger partial charge in [0.2, 0.25) is 5.91 Å². The largest absolute Gasteiger partial charge is 0.507 e. The number of carbonyl (C=O) groups excluding carboxylic acids is 1. The summed E-state index contributed by atoms with van der Waals surface area (Å²) in [6.07, 6.45) is 0.421. The van der Waals surface area contributed by atoms with E-state index in [0.717, 1.165) is 11.8 Å². The molecule has 1 aliphatic carbocycles. The minimum atomic E-state index is -0.405. The molecule has 7 heteroatoms. The lowest BCUT2D eigenvalue weighted by Crippen LogP contribution is -2.21. The first kappa shape index (κ1) is 17.4. The van der Waals surface area contributed by atoms with E-state index in [9.17, 15) is 18.7 Å². The number of nitrogens with one attached hydrogen (secondary N) is 1. The lowest BCUT2D eigenvalue weighted by molar-refractivity contribution is -0.118. The highest BCUT2D eigenvalue weighted by atomic mass is 32.2. The van der Waals surface area contributed by atoms with Gasteiger partial charge in [0.25, 0.3) is 0 Å². The van der Waals surface area contributed by atoms with Crippen molar-refractivity contribution >= 4 is 23.4 Å². The minimum Gasteiger partial charge on any atom is -0.507 e. The molecule has 3 rings (SSSR count). The zero-order chi connectivity index (χ0) is 18.0. The highest BCUT2D eigenvalue weighted by molar-refractivity contribution is 8.00. The molecule has 0 bridgehead atoms. The summed E-state index contributed by atoms with van der Waals surface area (Å²) in [5.41, 5.74) is 3.58. The van der Waals surface area contributed by atoms with Gasteiger partial charge in [0.15, 0.2) is 0 Å². The number of aromatic hydroxyl groups is 1. The number of hydrazone groups is 1. The van der Waals surface area contributed by atoms with E-state index in [2.05, 4.69) is 10.5 Å². The average Bonchev–Trinajstić information content (AvgIpc) is 2.93. The molecule has 0 heterocycles. The molecule has 4 nitrogen and oxygen atoms in total. The third-order valence-electron chi connectivity index (χ3n) is 3.96. The number of amides is 1. The Bertz CT molecular complexity index is 855. The van der Waals surface area contributed by atoms with Crippen LogP contribution in [0.25, 0.3) is 0 Å². The Morgan fingerprint density at radius 2 is 2.04 bits per heavy atom. The summed E-state index contributed by atoms with van der Waals surface area (Å²) in [5.74, 6) is -1.38. The maximum atomic E-state index is 13.9. The molecule has 0 radical (unpaired) electrons. The van der Waals surface area contributed by atoms with Gasteiger partial charge in [-0.1, -0.05) is 19.1 Å². The Morgan fingerprint density at radius 1 is 1.28 bits per heavy atom. The normalized spacial score (nSPS) is 17.6. The summed E-state index contributed by atoms with van der Waals surface area (Å²) in [5, 5.41) is 14.0. The molecule has 2 aromatic rings. The number of phenols is 1. The topological polar surface area (TPSA) is 61.7 Å². The van der Waals surface area contributed by atoms with Gasteiger partial charge in [0, 0.05) is 16.0 Å². The number of hydrogen-bond donors (Lipinski definition) is 2. The molecule has 0 saturated carbocycles. The molecule has 0 saturated heterocycles. The van der Waals surface area contributed by atoms with E-state index in [-0.39, 0.29) is 23.2 Å². The van der Waals surface area contributed by atoms with Gasteiger partial charge >= 0.3 is 0 Å². The fraction of sp³-hybridized carbons (Fsp3) is 0.222. The second kappa shape index (κ2) is 7.23. The quantitative estimate of drug-likeness (QED) is 0.643. The molecule has 1 atom stereocenters. The summed E-state index contributed by atoms with van der Waals surface area (Å²) >= 11 is 1.06. The molecule has 130 valence electrons. The number of hydrogen-bond acceptors (Lipinski definition) is 4. The van der Waals surface area contributed by atoms with Crippen molar-refractivity contribution in [3.8, 4) is 5.75 Å². The van der Waals surface area contributed by atoms with E-state index in [0.29, 0.717) is 28.2 Å². The standard InChI is InChI=1S/C18H16F2N2O2S/c1-10-8-13(18-14(23)7-6-12(20)17(10)18)21-22-16(24)9-25-15-5-3-2-4-11(15)19/h2-7,10,23H,8-9H2,1H3,(H,22,24)/b21-13+/t10-/m1/s1. The van der Waals surface area contributed by atoms with Crippen molar-refractivity contribution in [3.63, 3.8) is 0 Å². The first-order valence-electron chi connectivity index (χ1n) is 7.72. The van der Waals surface area contributed by atoms with Gasteiger partial charge in [-0.05, 0) is 36.6 Å². The van der Waals surface area contributed by atoms with Crippen molar-refractivity contribution in [2.24, 2.45) is 5.10 Å². The monoisotopic (exact) mass is 362 g/mol. The number of carbonyl (C=O) groups is 1. The smallest absolute Gasteiger partial charge is 0.250 e. The highest BCUT2D eigenvalue weighted by Gasteiger charge is 2.30. The third-order valence-corrected chi connectivity index (χ3v) is 5.01. The fourth-order valence-electron chi connectivity index (χ4n) is 2.83. The van der Waals surface area contributed by atoms with Crippen LogP contribution in [0.3, 0.4) is 0 Å². The van der Waals surface area contributed by atoms with Crippen LogP contribution in [0.1, 0.15) is 30.4 Å². The van der Waals surface area contributed by atoms with Crippen LogP contribution < -0.4 is 5.43 Å². The van der Waals surface area contributed by atoms with Crippen molar-refractivity contribution in [2.45, 2.75) is 24.2 Å². The van der Waals surface area contributed by atoms with Crippen molar-refractivity contribution in [3.05, 3.63) is 59.2 Å². The molecule has 1 aliphatic rings. The molecular weight excluding hydrogens is 346 g/mol. The number of phenolic OH excluding ortho intramolecular Hbond substituents is 1. The lowest BCUT2D eigenvalue weighted by atomic mass is 10.0. The fourth-order valence-corrected chi connectivity index (χ4v) is 3.56. The van der Waals surface area contributed by atoms with Gasteiger partial charge < -0.3 is 5.11 Å². The first-order chi connectivity index (χ1) is 12.0. The summed E-state index contributed by atoms with van der Waals surface area (Å²) in [4.78, 5) is 12.3. The Kier molecular flexibility index (Phi) is 5.03. The number of nitrogens with zero attached hydrogens (tertiary/aromatic N) is 1. The number of benzene rings is 2. The van der Waals surface area contributed by atoms with Gasteiger partial charge in [0.05, 0.1) is 11.5 Å². The molecule has 0 aromatic heterocycles. The van der Waals surface area contributed by atoms with Crippen LogP contribution in [0.15, 0.2) is 46.4 Å². The van der Waals surface area contributed by atoms with E-state index in [4.69, 9.17) is 0 Å². The van der Waals surface area contributed by atoms with Crippen LogP contribution in [-0.2, 0) is 4.79 Å². The minimum absolute atomic E-state index is 0.00471. The molecule has 0 spiro atoms. The van der Waals surface area contributed by atoms with Crippen LogP contribution in [0.2, 0.25) is 0 Å². The second-order valence-electron chi connectivity index (χ2n) is 5.77. The number of rotatable bonds is 4. The van der Waals surface area contributed by atoms with E-state index in [1.54, 1.807) is 18.2 Å². The van der Waals surface area contributed by atoms with Crippen molar-refractivity contribution in [2.75, 3.05) is 5.75 Å². The Balaban J connectivity index is 1.69. The van der Waals surface area contributed by atoms with E-state index >= 15 is 0 Å². The predicted octanol–water partition coefficient (Wildman–Crippen LogP) is 3.79. The number of thioether (sulfide) groups is 1. The van der Waals surface area contributed by atoms with Gasteiger partial charge in [-0.2, -0.15) is 5.10 Å². The van der Waals surface area contributed by atoms with E-state index in [1.165, 1.54) is 18.2 Å².